The quantitative estimate of drug-likeness (QED) is 0.820. The van der Waals surface area contributed by atoms with E-state index >= 15 is 0 Å². The Morgan fingerprint density at radius 2 is 2.05 bits per heavy atom. The Bertz CT molecular complexity index is 402. The molecule has 2 atom stereocenters. The van der Waals surface area contributed by atoms with Crippen LogP contribution < -0.4 is 0 Å². The lowest BCUT2D eigenvalue weighted by atomic mass is 10.1. The smallest absolute Gasteiger partial charge is 0.410 e. The number of carbonyl (C=O) groups is 1. The van der Waals surface area contributed by atoms with Crippen LogP contribution in [0.2, 0.25) is 0 Å². The average Bonchev–Trinajstić information content (AvgIpc) is 2.79. The largest absolute Gasteiger partial charge is 0.445 e. The van der Waals surface area contributed by atoms with E-state index in [1.165, 1.54) is 0 Å². The summed E-state index contributed by atoms with van der Waals surface area (Å²) in [7, 11) is 0. The maximum absolute atomic E-state index is 12.2. The Kier molecular flexibility index (Phi) is 4.83. The molecule has 1 amide bonds. The van der Waals surface area contributed by atoms with Crippen molar-refractivity contribution in [2.75, 3.05) is 0 Å². The number of benzene rings is 1. The molecule has 3 heteroatoms. The van der Waals surface area contributed by atoms with E-state index in [9.17, 15) is 4.79 Å². The lowest BCUT2D eigenvalue weighted by Crippen LogP contribution is -2.40. The minimum Gasteiger partial charge on any atom is -0.445 e. The molecule has 1 aromatic rings. The number of likely N-dealkylation sites (tertiary alicyclic amines) is 1. The summed E-state index contributed by atoms with van der Waals surface area (Å²) in [5, 5.41) is 0. The van der Waals surface area contributed by atoms with Gasteiger partial charge in [0.05, 0.1) is 0 Å². The molecule has 0 unspecified atom stereocenters. The minimum atomic E-state index is -0.160. The first-order valence-electron chi connectivity index (χ1n) is 7.21. The van der Waals surface area contributed by atoms with E-state index in [-0.39, 0.29) is 6.09 Å². The van der Waals surface area contributed by atoms with E-state index < -0.39 is 0 Å². The van der Waals surface area contributed by atoms with Crippen LogP contribution in [0.15, 0.2) is 30.3 Å². The molecule has 104 valence electrons. The first kappa shape index (κ1) is 13.9. The minimum absolute atomic E-state index is 0.160. The fraction of sp³-hybridized carbons (Fsp3) is 0.562. The van der Waals surface area contributed by atoms with Gasteiger partial charge in [-0.25, -0.2) is 4.79 Å². The van der Waals surface area contributed by atoms with Crippen molar-refractivity contribution in [2.24, 2.45) is 0 Å². The summed E-state index contributed by atoms with van der Waals surface area (Å²) in [5.41, 5.74) is 1.04. The molecule has 0 bridgehead atoms. The second kappa shape index (κ2) is 6.60. The van der Waals surface area contributed by atoms with Crippen LogP contribution in [0, 0.1) is 0 Å². The van der Waals surface area contributed by atoms with Crippen molar-refractivity contribution < 1.29 is 9.53 Å². The molecule has 0 spiro atoms. The van der Waals surface area contributed by atoms with Gasteiger partial charge in [0, 0.05) is 12.1 Å². The molecule has 1 aliphatic heterocycles. The van der Waals surface area contributed by atoms with Gasteiger partial charge in [-0.15, -0.1) is 0 Å². The second-order valence-electron chi connectivity index (χ2n) is 5.32. The summed E-state index contributed by atoms with van der Waals surface area (Å²) in [6, 6.07) is 10.5. The zero-order valence-electron chi connectivity index (χ0n) is 11.8. The Hall–Kier alpha value is -1.51. The van der Waals surface area contributed by atoms with E-state index in [0.29, 0.717) is 18.7 Å². The van der Waals surface area contributed by atoms with Gasteiger partial charge in [0.1, 0.15) is 6.61 Å². The normalized spacial score (nSPS) is 22.5. The molecule has 3 nitrogen and oxygen atoms in total. The number of ether oxygens (including phenoxy) is 1. The van der Waals surface area contributed by atoms with Gasteiger partial charge in [-0.1, -0.05) is 43.7 Å². The number of carbonyl (C=O) groups excluding carboxylic acids is 1. The first-order valence-corrected chi connectivity index (χ1v) is 7.21. The maximum Gasteiger partial charge on any atom is 0.410 e. The van der Waals surface area contributed by atoms with Crippen LogP contribution in [0.25, 0.3) is 0 Å². The molecule has 19 heavy (non-hydrogen) atoms. The molecule has 0 radical (unpaired) electrons. The lowest BCUT2D eigenvalue weighted by Gasteiger charge is -2.27. The van der Waals surface area contributed by atoms with E-state index in [1.54, 1.807) is 0 Å². The van der Waals surface area contributed by atoms with E-state index in [1.807, 2.05) is 35.2 Å². The van der Waals surface area contributed by atoms with Crippen molar-refractivity contribution in [3.63, 3.8) is 0 Å². The predicted octanol–water partition coefficient (Wildman–Crippen LogP) is 3.98. The predicted molar refractivity (Wildman–Crippen MR) is 75.9 cm³/mol. The van der Waals surface area contributed by atoms with Crippen molar-refractivity contribution in [1.29, 1.82) is 0 Å². The molecule has 1 aliphatic rings. The highest BCUT2D eigenvalue weighted by Gasteiger charge is 2.34. The maximum atomic E-state index is 12.2. The summed E-state index contributed by atoms with van der Waals surface area (Å²) in [6.07, 6.45) is 4.22. The summed E-state index contributed by atoms with van der Waals surface area (Å²) >= 11 is 0. The van der Waals surface area contributed by atoms with Crippen molar-refractivity contribution in [3.05, 3.63) is 35.9 Å². The molecular weight excluding hydrogens is 238 g/mol. The molecule has 1 saturated heterocycles. The Morgan fingerprint density at radius 1 is 1.32 bits per heavy atom. The van der Waals surface area contributed by atoms with E-state index in [4.69, 9.17) is 4.74 Å². The Balaban J connectivity index is 1.91. The fourth-order valence-corrected chi connectivity index (χ4v) is 2.81. The van der Waals surface area contributed by atoms with Crippen molar-refractivity contribution in [3.8, 4) is 0 Å². The highest BCUT2D eigenvalue weighted by molar-refractivity contribution is 5.69. The summed E-state index contributed by atoms with van der Waals surface area (Å²) < 4.78 is 5.45. The summed E-state index contributed by atoms with van der Waals surface area (Å²) in [6.45, 7) is 4.64. The van der Waals surface area contributed by atoms with Gasteiger partial charge in [-0.2, -0.15) is 0 Å². The lowest BCUT2D eigenvalue weighted by molar-refractivity contribution is 0.0792. The SMILES string of the molecule is CCC[C@@H]1CC[C@H](C)N1C(=O)OCc1ccccc1. The molecule has 2 rings (SSSR count). The monoisotopic (exact) mass is 261 g/mol. The van der Waals surface area contributed by atoms with Crippen molar-refractivity contribution >= 4 is 6.09 Å². The van der Waals surface area contributed by atoms with Crippen LogP contribution in [0.4, 0.5) is 4.79 Å². The second-order valence-corrected chi connectivity index (χ2v) is 5.32. The van der Waals surface area contributed by atoms with Gasteiger partial charge in [0.25, 0.3) is 0 Å². The van der Waals surface area contributed by atoms with E-state index in [0.717, 1.165) is 31.2 Å². The molecule has 1 heterocycles. The van der Waals surface area contributed by atoms with Gasteiger partial charge in [-0.3, -0.25) is 0 Å². The highest BCUT2D eigenvalue weighted by Crippen LogP contribution is 2.27. The molecule has 1 fully saturated rings. The summed E-state index contributed by atoms with van der Waals surface area (Å²) in [4.78, 5) is 14.2. The van der Waals surface area contributed by atoms with Crippen LogP contribution in [-0.2, 0) is 11.3 Å². The topological polar surface area (TPSA) is 29.5 Å². The van der Waals surface area contributed by atoms with Gasteiger partial charge in [0.15, 0.2) is 0 Å². The van der Waals surface area contributed by atoms with Crippen molar-refractivity contribution in [1.82, 2.24) is 4.90 Å². The van der Waals surface area contributed by atoms with Gasteiger partial charge < -0.3 is 9.64 Å². The Morgan fingerprint density at radius 3 is 2.74 bits per heavy atom. The third-order valence-electron chi connectivity index (χ3n) is 3.82. The number of nitrogens with zero attached hydrogens (tertiary/aromatic N) is 1. The van der Waals surface area contributed by atoms with Gasteiger partial charge in [-0.05, 0) is 31.7 Å². The molecule has 0 aromatic heterocycles. The number of hydrogen-bond donors (Lipinski definition) is 0. The van der Waals surface area contributed by atoms with Crippen LogP contribution in [0.5, 0.6) is 0 Å². The van der Waals surface area contributed by atoms with Crippen LogP contribution in [0.1, 0.15) is 45.1 Å². The number of rotatable bonds is 4. The van der Waals surface area contributed by atoms with E-state index in [2.05, 4.69) is 13.8 Å². The standard InChI is InChI=1S/C16H23NO2/c1-3-7-15-11-10-13(2)17(15)16(18)19-12-14-8-5-4-6-9-14/h4-6,8-9,13,15H,3,7,10-12H2,1-2H3/t13-,15+/m0/s1. The highest BCUT2D eigenvalue weighted by atomic mass is 16.6. The number of hydrogen-bond acceptors (Lipinski definition) is 2. The molecule has 1 aromatic carbocycles. The number of amides is 1. The van der Waals surface area contributed by atoms with Crippen LogP contribution >= 0.6 is 0 Å². The summed E-state index contributed by atoms with van der Waals surface area (Å²) in [5.74, 6) is 0. The van der Waals surface area contributed by atoms with Crippen LogP contribution in [-0.4, -0.2) is 23.1 Å². The third kappa shape index (κ3) is 3.49. The fourth-order valence-electron chi connectivity index (χ4n) is 2.81. The van der Waals surface area contributed by atoms with Gasteiger partial charge in [0.2, 0.25) is 0 Å². The zero-order valence-corrected chi connectivity index (χ0v) is 11.8. The van der Waals surface area contributed by atoms with Gasteiger partial charge >= 0.3 is 6.09 Å². The first-order chi connectivity index (χ1) is 9.22. The molecule has 0 aliphatic carbocycles. The third-order valence-corrected chi connectivity index (χ3v) is 3.82. The molecule has 0 N–H and O–H groups in total. The molecule has 0 saturated carbocycles. The Labute approximate surface area is 115 Å². The zero-order chi connectivity index (χ0) is 13.7. The van der Waals surface area contributed by atoms with Crippen LogP contribution in [0.3, 0.4) is 0 Å². The van der Waals surface area contributed by atoms with Crippen molar-refractivity contribution in [2.45, 2.75) is 58.2 Å². The molecular formula is C16H23NO2. The average molecular weight is 261 g/mol.